The fourth-order valence-electron chi connectivity index (χ4n) is 5.35. The number of fused-ring (bicyclic) bond motifs is 1. The molecule has 2 aliphatic rings. The monoisotopic (exact) mass is 608 g/mol. The number of hydrogen-bond acceptors (Lipinski definition) is 6. The van der Waals surface area contributed by atoms with Gasteiger partial charge in [0, 0.05) is 60.6 Å². The number of rotatable bonds is 7. The first-order chi connectivity index (χ1) is 21.7. The van der Waals surface area contributed by atoms with Crippen LogP contribution in [0.1, 0.15) is 27.4 Å². The van der Waals surface area contributed by atoms with Gasteiger partial charge in [-0.2, -0.15) is 0 Å². The van der Waals surface area contributed by atoms with E-state index in [1.807, 2.05) is 24.3 Å². The molecule has 1 unspecified atom stereocenters. The number of nitrogens with zero attached hydrogens (tertiary/aromatic N) is 3. The van der Waals surface area contributed by atoms with Crippen LogP contribution in [-0.4, -0.2) is 62.1 Å². The molecule has 3 N–H and O–H groups in total. The fourth-order valence-corrected chi connectivity index (χ4v) is 5.35. The first kappa shape index (κ1) is 29.6. The average Bonchev–Trinajstić information content (AvgIpc) is 3.36. The summed E-state index contributed by atoms with van der Waals surface area (Å²) in [5.74, 6) is -3.01. The molecule has 1 fully saturated rings. The third-order valence-corrected chi connectivity index (χ3v) is 7.87. The Morgan fingerprint density at radius 3 is 2.29 bits per heavy atom. The Kier molecular flexibility index (Phi) is 8.35. The molecule has 0 bridgehead atoms. The molecule has 4 aromatic carbocycles. The Morgan fingerprint density at radius 2 is 1.56 bits per heavy atom. The molecule has 0 radical (unpaired) electrons. The van der Waals surface area contributed by atoms with E-state index in [2.05, 4.69) is 37.8 Å². The Balaban J connectivity index is 1.12. The highest BCUT2D eigenvalue weighted by atomic mass is 19.1. The summed E-state index contributed by atoms with van der Waals surface area (Å²) < 4.78 is 27.8. The minimum Gasteiger partial charge on any atom is -0.369 e. The highest BCUT2D eigenvalue weighted by Crippen LogP contribution is 2.33. The largest absolute Gasteiger partial charge is 0.369 e. The summed E-state index contributed by atoms with van der Waals surface area (Å²) >= 11 is 0. The van der Waals surface area contributed by atoms with E-state index in [1.165, 1.54) is 12.1 Å². The second kappa shape index (κ2) is 12.7. The van der Waals surface area contributed by atoms with Crippen LogP contribution < -0.4 is 20.9 Å². The highest BCUT2D eigenvalue weighted by Gasteiger charge is 2.30. The molecule has 228 valence electrons. The third-order valence-electron chi connectivity index (χ3n) is 7.87. The van der Waals surface area contributed by atoms with Crippen LogP contribution in [-0.2, 0) is 4.79 Å². The zero-order valence-electron chi connectivity index (χ0n) is 24.4. The predicted octanol–water partition coefficient (Wildman–Crippen LogP) is 6.03. The van der Waals surface area contributed by atoms with Crippen molar-refractivity contribution in [1.29, 1.82) is 0 Å². The minimum absolute atomic E-state index is 0.240. The SMILES string of the molecule is CN1CCN(c2ccc(N=CC3C(=O)Nc4cc(C(=O)c5cccc(NC(=O)Nc6c(F)cccc6F)c5)ccc43)cc2)CC1. The maximum Gasteiger partial charge on any atom is 0.323 e. The summed E-state index contributed by atoms with van der Waals surface area (Å²) in [6.07, 6.45) is 1.61. The van der Waals surface area contributed by atoms with E-state index < -0.39 is 29.3 Å². The molecule has 9 nitrogen and oxygen atoms in total. The molecule has 0 aliphatic carbocycles. The molecule has 1 atom stereocenters. The van der Waals surface area contributed by atoms with E-state index in [4.69, 9.17) is 0 Å². The van der Waals surface area contributed by atoms with E-state index in [0.717, 1.165) is 49.7 Å². The number of para-hydroxylation sites is 1. The van der Waals surface area contributed by atoms with Gasteiger partial charge in [-0.15, -0.1) is 0 Å². The number of ketones is 1. The maximum atomic E-state index is 13.9. The quantitative estimate of drug-likeness (QED) is 0.176. The van der Waals surface area contributed by atoms with Gasteiger partial charge in [0.1, 0.15) is 23.2 Å². The second-order valence-electron chi connectivity index (χ2n) is 10.9. The molecule has 2 aliphatic heterocycles. The van der Waals surface area contributed by atoms with E-state index in [-0.39, 0.29) is 22.9 Å². The number of likely N-dealkylation sites (N-methyl/N-ethyl adjacent to an activating group) is 1. The number of benzene rings is 4. The predicted molar refractivity (Wildman–Crippen MR) is 171 cm³/mol. The van der Waals surface area contributed by atoms with E-state index >= 15 is 0 Å². The average molecular weight is 609 g/mol. The number of aliphatic imine (C=N–C) groups is 1. The zero-order valence-corrected chi connectivity index (χ0v) is 24.4. The van der Waals surface area contributed by atoms with Gasteiger partial charge >= 0.3 is 6.03 Å². The summed E-state index contributed by atoms with van der Waals surface area (Å²) in [5.41, 5.74) is 3.39. The maximum absolute atomic E-state index is 13.9. The molecule has 0 aromatic heterocycles. The Morgan fingerprint density at radius 1 is 0.867 bits per heavy atom. The number of carbonyl (C=O) groups is 3. The standard InChI is InChI=1S/C34H30F2N6O3/c1-41-14-16-42(17-15-41)25-11-9-23(10-12-25)37-20-27-26-13-8-22(19-30(26)39-33(27)44)32(43)21-4-2-5-24(18-21)38-34(45)40-31-28(35)6-3-7-29(31)36/h2-13,18-20,27H,14-17H2,1H3,(H,39,44)(H2,38,40,45). The van der Waals surface area contributed by atoms with Gasteiger partial charge in [-0.25, -0.2) is 13.6 Å². The van der Waals surface area contributed by atoms with Gasteiger partial charge in [0.15, 0.2) is 5.78 Å². The van der Waals surface area contributed by atoms with Crippen LogP contribution in [0.4, 0.5) is 42.0 Å². The number of amides is 3. The Labute approximate surface area is 258 Å². The normalized spacial score (nSPS) is 16.4. The van der Waals surface area contributed by atoms with Crippen molar-refractivity contribution in [2.75, 3.05) is 54.1 Å². The van der Waals surface area contributed by atoms with Crippen molar-refractivity contribution in [3.63, 3.8) is 0 Å². The second-order valence-corrected chi connectivity index (χ2v) is 10.9. The summed E-state index contributed by atoms with van der Waals surface area (Å²) in [4.78, 5) is 47.7. The van der Waals surface area contributed by atoms with Crippen LogP contribution in [0.3, 0.4) is 0 Å². The van der Waals surface area contributed by atoms with Crippen LogP contribution in [0.25, 0.3) is 0 Å². The number of nitrogens with one attached hydrogen (secondary N) is 3. The Hall–Kier alpha value is -5.42. The number of anilines is 4. The molecule has 45 heavy (non-hydrogen) atoms. The van der Waals surface area contributed by atoms with Gasteiger partial charge in [-0.3, -0.25) is 14.6 Å². The van der Waals surface area contributed by atoms with Gasteiger partial charge in [-0.1, -0.05) is 30.3 Å². The van der Waals surface area contributed by atoms with Crippen LogP contribution in [0.15, 0.2) is 89.9 Å². The van der Waals surface area contributed by atoms with Gasteiger partial charge in [0.05, 0.1) is 5.69 Å². The molecule has 0 saturated carbocycles. The summed E-state index contributed by atoms with van der Waals surface area (Å²) in [7, 11) is 2.12. The van der Waals surface area contributed by atoms with Crippen molar-refractivity contribution < 1.29 is 23.2 Å². The lowest BCUT2D eigenvalue weighted by Gasteiger charge is -2.34. The van der Waals surface area contributed by atoms with Crippen molar-refractivity contribution in [3.05, 3.63) is 113 Å². The number of urea groups is 1. The summed E-state index contributed by atoms with van der Waals surface area (Å²) in [6, 6.07) is 21.5. The van der Waals surface area contributed by atoms with Crippen LogP contribution in [0.2, 0.25) is 0 Å². The first-order valence-electron chi connectivity index (χ1n) is 14.4. The molecule has 1 saturated heterocycles. The smallest absolute Gasteiger partial charge is 0.323 e. The number of carbonyl (C=O) groups excluding carboxylic acids is 3. The number of halogens is 2. The molecular formula is C34H30F2N6O3. The first-order valence-corrected chi connectivity index (χ1v) is 14.4. The van der Waals surface area contributed by atoms with E-state index in [1.54, 1.807) is 42.6 Å². The highest BCUT2D eigenvalue weighted by molar-refractivity contribution is 6.15. The molecule has 2 heterocycles. The Bertz CT molecular complexity index is 1780. The third kappa shape index (κ3) is 6.58. The summed E-state index contributed by atoms with van der Waals surface area (Å²) in [5, 5.41) is 7.46. The van der Waals surface area contributed by atoms with Gasteiger partial charge in [0.2, 0.25) is 5.91 Å². The van der Waals surface area contributed by atoms with Crippen molar-refractivity contribution in [1.82, 2.24) is 4.90 Å². The van der Waals surface area contributed by atoms with Crippen LogP contribution >= 0.6 is 0 Å². The lowest BCUT2D eigenvalue weighted by Crippen LogP contribution is -2.44. The number of piperazine rings is 1. The van der Waals surface area contributed by atoms with Gasteiger partial charge < -0.3 is 25.8 Å². The molecular weight excluding hydrogens is 578 g/mol. The van der Waals surface area contributed by atoms with E-state index in [9.17, 15) is 23.2 Å². The minimum atomic E-state index is -0.915. The van der Waals surface area contributed by atoms with E-state index in [0.29, 0.717) is 16.8 Å². The van der Waals surface area contributed by atoms with Crippen LogP contribution in [0.5, 0.6) is 0 Å². The number of hydrogen-bond donors (Lipinski definition) is 3. The lowest BCUT2D eigenvalue weighted by molar-refractivity contribution is -0.115. The van der Waals surface area contributed by atoms with Crippen molar-refractivity contribution in [2.45, 2.75) is 5.92 Å². The van der Waals surface area contributed by atoms with Crippen molar-refractivity contribution >= 4 is 52.4 Å². The molecule has 11 heteroatoms. The molecule has 6 rings (SSSR count). The van der Waals surface area contributed by atoms with Crippen molar-refractivity contribution in [2.24, 2.45) is 4.99 Å². The lowest BCUT2D eigenvalue weighted by atomic mass is 9.97. The fraction of sp³-hybridized carbons (Fsp3) is 0.176. The van der Waals surface area contributed by atoms with Gasteiger partial charge in [0.25, 0.3) is 0 Å². The summed E-state index contributed by atoms with van der Waals surface area (Å²) in [6.45, 7) is 3.99. The zero-order chi connectivity index (χ0) is 31.5. The molecule has 4 aromatic rings. The molecule has 3 amide bonds. The van der Waals surface area contributed by atoms with Crippen LogP contribution in [0, 0.1) is 11.6 Å². The van der Waals surface area contributed by atoms with Crippen molar-refractivity contribution in [3.8, 4) is 0 Å². The molecule has 0 spiro atoms. The topological polar surface area (TPSA) is 106 Å². The van der Waals surface area contributed by atoms with Gasteiger partial charge in [-0.05, 0) is 67.2 Å².